The van der Waals surface area contributed by atoms with Gasteiger partial charge in [0.2, 0.25) is 0 Å². The largest absolute Gasteiger partial charge is 0.482 e. The van der Waals surface area contributed by atoms with E-state index in [1.165, 1.54) is 0 Å². The Morgan fingerprint density at radius 1 is 1.27 bits per heavy atom. The monoisotopic (exact) mass is 176 g/mol. The van der Waals surface area contributed by atoms with Gasteiger partial charge >= 0.3 is 10.8 Å². The highest BCUT2D eigenvalue weighted by Crippen LogP contribution is 2.26. The molecule has 0 N–H and O–H groups in total. The molecule has 0 aliphatic rings. The second-order valence-electron chi connectivity index (χ2n) is 1.42. The highest BCUT2D eigenvalue weighted by atomic mass is 32.1. The summed E-state index contributed by atoms with van der Waals surface area (Å²) in [5.41, 5.74) is 0. The molecular weight excluding hydrogens is 176 g/mol. The number of nitrogens with zero attached hydrogens (tertiary/aromatic N) is 4. The van der Waals surface area contributed by atoms with E-state index in [9.17, 15) is 20.2 Å². The van der Waals surface area contributed by atoms with Crippen molar-refractivity contribution in [1.82, 2.24) is 9.59 Å². The van der Waals surface area contributed by atoms with E-state index >= 15 is 0 Å². The van der Waals surface area contributed by atoms with Crippen LogP contribution in [0.15, 0.2) is 0 Å². The Morgan fingerprint density at radius 2 is 1.91 bits per heavy atom. The van der Waals surface area contributed by atoms with Crippen LogP contribution in [0, 0.1) is 20.2 Å². The van der Waals surface area contributed by atoms with Crippen LogP contribution in [0.25, 0.3) is 0 Å². The predicted octanol–water partition coefficient (Wildman–Crippen LogP) is 0.354. The van der Waals surface area contributed by atoms with Gasteiger partial charge in [-0.05, 0) is 4.92 Å². The fourth-order valence-corrected chi connectivity index (χ4v) is 0.870. The van der Waals surface area contributed by atoms with Gasteiger partial charge in [0.25, 0.3) is 0 Å². The zero-order valence-electron chi connectivity index (χ0n) is 4.83. The second kappa shape index (κ2) is 2.54. The molecule has 0 amide bonds. The third kappa shape index (κ3) is 1.26. The lowest BCUT2D eigenvalue weighted by atomic mass is 10.7. The summed E-state index contributed by atoms with van der Waals surface area (Å²) >= 11 is 0.384. The molecule has 11 heavy (non-hydrogen) atoms. The van der Waals surface area contributed by atoms with Gasteiger partial charge in [0.1, 0.15) is 5.10 Å². The maximum absolute atomic E-state index is 10.0. The molecule has 0 saturated carbocycles. The zero-order valence-corrected chi connectivity index (χ0v) is 5.65. The van der Waals surface area contributed by atoms with Crippen molar-refractivity contribution in [3.05, 3.63) is 20.2 Å². The first-order chi connectivity index (χ1) is 5.13. The summed E-state index contributed by atoms with van der Waals surface area (Å²) in [4.78, 5) is 18.2. The lowest BCUT2D eigenvalue weighted by molar-refractivity contribution is -0.422. The third-order valence-corrected chi connectivity index (χ3v) is 1.46. The fraction of sp³-hybridized carbons (Fsp3) is 0. The minimum absolute atomic E-state index is 0.384. The van der Waals surface area contributed by atoms with Gasteiger partial charge in [-0.25, -0.2) is 0 Å². The normalized spacial score (nSPS) is 9.45. The van der Waals surface area contributed by atoms with Crippen LogP contribution in [-0.4, -0.2) is 19.4 Å². The van der Waals surface area contributed by atoms with Crippen molar-refractivity contribution in [2.24, 2.45) is 0 Å². The Bertz CT molecular complexity index is 278. The van der Waals surface area contributed by atoms with E-state index in [0.717, 1.165) is 0 Å². The third-order valence-electron chi connectivity index (χ3n) is 0.793. The molecule has 1 aromatic rings. The van der Waals surface area contributed by atoms with Crippen molar-refractivity contribution in [2.75, 3.05) is 0 Å². The summed E-state index contributed by atoms with van der Waals surface area (Å²) in [5.74, 6) is -0.806. The lowest BCUT2D eigenvalue weighted by Gasteiger charge is -1.84. The van der Waals surface area contributed by atoms with Gasteiger partial charge in [0, 0.05) is 4.49 Å². The average Bonchev–Trinajstić information content (AvgIpc) is 2.32. The Morgan fingerprint density at radius 3 is 2.27 bits per heavy atom. The highest BCUT2D eigenvalue weighted by Gasteiger charge is 2.30. The first-order valence-electron chi connectivity index (χ1n) is 2.24. The first-order valence-corrected chi connectivity index (χ1v) is 3.01. The van der Waals surface area contributed by atoms with Crippen LogP contribution in [0.3, 0.4) is 0 Å². The van der Waals surface area contributed by atoms with E-state index in [1.807, 2.05) is 0 Å². The van der Waals surface area contributed by atoms with Gasteiger partial charge in [-0.1, -0.05) is 0 Å². The molecule has 1 heterocycles. The number of aromatic nitrogens is 2. The molecule has 1 aromatic heterocycles. The van der Waals surface area contributed by atoms with Crippen molar-refractivity contribution < 1.29 is 9.85 Å². The van der Waals surface area contributed by atoms with Crippen LogP contribution in [0.4, 0.5) is 10.8 Å². The average molecular weight is 176 g/mol. The lowest BCUT2D eigenvalue weighted by Crippen LogP contribution is -1.93. The SMILES string of the molecule is O=[N+]([O-])c1nnsc1[N+](=O)[O-]. The van der Waals surface area contributed by atoms with Crippen molar-refractivity contribution >= 4 is 22.4 Å². The van der Waals surface area contributed by atoms with E-state index in [1.54, 1.807) is 0 Å². The molecule has 0 unspecified atom stereocenters. The summed E-state index contributed by atoms with van der Waals surface area (Å²) in [6, 6.07) is 0. The van der Waals surface area contributed by atoms with E-state index in [0.29, 0.717) is 11.5 Å². The number of hydrogen-bond donors (Lipinski definition) is 0. The summed E-state index contributed by atoms with van der Waals surface area (Å²) in [6.07, 6.45) is 0. The van der Waals surface area contributed by atoms with Crippen molar-refractivity contribution in [1.29, 1.82) is 0 Å². The highest BCUT2D eigenvalue weighted by molar-refractivity contribution is 7.09. The van der Waals surface area contributed by atoms with Crippen LogP contribution in [-0.2, 0) is 0 Å². The van der Waals surface area contributed by atoms with Crippen LogP contribution >= 0.6 is 11.5 Å². The second-order valence-corrected chi connectivity index (χ2v) is 2.15. The summed E-state index contributed by atoms with van der Waals surface area (Å²) in [5, 5.41) is 22.3. The van der Waals surface area contributed by atoms with Crippen molar-refractivity contribution in [2.45, 2.75) is 0 Å². The summed E-state index contributed by atoms with van der Waals surface area (Å²) in [7, 11) is 0. The molecular formula is C2N4O4S. The van der Waals surface area contributed by atoms with Crippen molar-refractivity contribution in [3.8, 4) is 0 Å². The number of rotatable bonds is 2. The predicted molar refractivity (Wildman–Crippen MR) is 33.2 cm³/mol. The van der Waals surface area contributed by atoms with Gasteiger partial charge in [-0.15, -0.1) is 0 Å². The smallest absolute Gasteiger partial charge is 0.358 e. The molecule has 58 valence electrons. The standard InChI is InChI=1S/C2N4O4S/c7-5(8)1-2(6(9)10)11-4-3-1. The summed E-state index contributed by atoms with van der Waals surface area (Å²) in [6.45, 7) is 0. The van der Waals surface area contributed by atoms with Crippen LogP contribution < -0.4 is 0 Å². The van der Waals surface area contributed by atoms with Crippen molar-refractivity contribution in [3.63, 3.8) is 0 Å². The maximum atomic E-state index is 10.0. The maximum Gasteiger partial charge on any atom is 0.482 e. The Balaban J connectivity index is 3.16. The molecule has 0 fully saturated rings. The molecule has 0 aromatic carbocycles. The Hall–Kier alpha value is -1.64. The van der Waals surface area contributed by atoms with E-state index in [4.69, 9.17) is 0 Å². The molecule has 1 rings (SSSR count). The Kier molecular flexibility index (Phi) is 1.72. The van der Waals surface area contributed by atoms with Gasteiger partial charge < -0.3 is 10.1 Å². The summed E-state index contributed by atoms with van der Waals surface area (Å²) < 4.78 is 3.07. The minimum Gasteiger partial charge on any atom is -0.358 e. The van der Waals surface area contributed by atoms with E-state index in [2.05, 4.69) is 9.59 Å². The molecule has 8 nitrogen and oxygen atoms in total. The molecule has 0 aliphatic carbocycles. The molecule has 0 radical (unpaired) electrons. The van der Waals surface area contributed by atoms with Gasteiger partial charge in [-0.2, -0.15) is 0 Å². The molecule has 0 saturated heterocycles. The molecule has 0 aliphatic heterocycles. The van der Waals surface area contributed by atoms with Crippen LogP contribution in [0.2, 0.25) is 0 Å². The number of hydrogen-bond acceptors (Lipinski definition) is 7. The molecule has 9 heteroatoms. The molecule has 0 bridgehead atoms. The number of nitro groups is 2. The minimum atomic E-state index is -0.943. The zero-order chi connectivity index (χ0) is 8.43. The Labute approximate surface area is 62.9 Å². The fourth-order valence-electron chi connectivity index (χ4n) is 0.411. The van der Waals surface area contributed by atoms with Crippen LogP contribution in [0.5, 0.6) is 0 Å². The van der Waals surface area contributed by atoms with Gasteiger partial charge in [-0.3, -0.25) is 10.1 Å². The quantitative estimate of drug-likeness (QED) is 0.474. The first kappa shape index (κ1) is 7.47. The van der Waals surface area contributed by atoms with Gasteiger partial charge in [0.05, 0.1) is 16.5 Å². The molecule has 0 atom stereocenters. The topological polar surface area (TPSA) is 112 Å². The van der Waals surface area contributed by atoms with E-state index < -0.39 is 20.7 Å². The van der Waals surface area contributed by atoms with E-state index in [-0.39, 0.29) is 0 Å². The van der Waals surface area contributed by atoms with Crippen LogP contribution in [0.1, 0.15) is 0 Å². The molecule has 0 spiro atoms. The van der Waals surface area contributed by atoms with Gasteiger partial charge in [0.15, 0.2) is 0 Å².